The average molecular weight is 585 g/mol. The van der Waals surface area contributed by atoms with Gasteiger partial charge in [-0.2, -0.15) is 5.10 Å². The van der Waals surface area contributed by atoms with Crippen LogP contribution in [0.4, 0.5) is 18.9 Å². The SMILES string of the molecule is C=C(F)C(=O)N1CCc2c1ccc(-c1c(-c3ccc(Oc4nccc(C)n4)c(F)c3)c(C(N)=O)c3c(C)ccnn13)c2F. The van der Waals surface area contributed by atoms with Crippen molar-refractivity contribution < 1.29 is 27.5 Å². The van der Waals surface area contributed by atoms with Crippen LogP contribution in [-0.2, 0) is 11.2 Å². The molecule has 2 aromatic carbocycles. The Morgan fingerprint density at radius 2 is 1.86 bits per heavy atom. The van der Waals surface area contributed by atoms with E-state index in [2.05, 4.69) is 21.6 Å². The summed E-state index contributed by atoms with van der Waals surface area (Å²) >= 11 is 0. The number of aryl methyl sites for hydroxylation is 2. The number of amides is 2. The van der Waals surface area contributed by atoms with Crippen LogP contribution >= 0.6 is 0 Å². The zero-order chi connectivity index (χ0) is 30.6. The number of hydrogen-bond donors (Lipinski definition) is 1. The number of carbonyl (C=O) groups is 2. The second kappa shape index (κ2) is 10.4. The van der Waals surface area contributed by atoms with E-state index in [-0.39, 0.29) is 63.9 Å². The van der Waals surface area contributed by atoms with Gasteiger partial charge in [0.25, 0.3) is 11.8 Å². The summed E-state index contributed by atoms with van der Waals surface area (Å²) in [6, 6.07) is 10.2. The maximum Gasteiger partial charge on any atom is 0.322 e. The van der Waals surface area contributed by atoms with Gasteiger partial charge >= 0.3 is 6.01 Å². The summed E-state index contributed by atoms with van der Waals surface area (Å²) in [5.41, 5.74) is 8.35. The standard InChI is InChI=1S/C31H23F3N6O3/c1-15-8-12-37-40-27(15)25(29(35)41)24(18-4-7-23(21(33)14-18)43-31-36-11-9-16(2)38-31)28(40)20-5-6-22-19(26(20)34)10-13-39(22)30(42)17(3)32/h4-9,11-12,14H,3,10,13H2,1-2H3,(H2,35,41). The Balaban J connectivity index is 1.57. The van der Waals surface area contributed by atoms with Crippen molar-refractivity contribution in [1.29, 1.82) is 0 Å². The molecule has 0 unspecified atom stereocenters. The molecular weight excluding hydrogens is 561 g/mol. The topological polar surface area (TPSA) is 116 Å². The van der Waals surface area contributed by atoms with E-state index in [1.54, 1.807) is 26.0 Å². The first-order valence-electron chi connectivity index (χ1n) is 13.1. The highest BCUT2D eigenvalue weighted by atomic mass is 19.1. The van der Waals surface area contributed by atoms with Gasteiger partial charge in [0.15, 0.2) is 17.4 Å². The first-order valence-corrected chi connectivity index (χ1v) is 13.1. The van der Waals surface area contributed by atoms with Crippen LogP contribution in [0.25, 0.3) is 27.9 Å². The second-order valence-electron chi connectivity index (χ2n) is 10.0. The molecule has 5 aromatic rings. The minimum absolute atomic E-state index is 0.0149. The molecule has 12 heteroatoms. The third kappa shape index (κ3) is 4.56. The van der Waals surface area contributed by atoms with Crippen molar-refractivity contribution in [2.45, 2.75) is 20.3 Å². The van der Waals surface area contributed by atoms with E-state index in [9.17, 15) is 14.0 Å². The van der Waals surface area contributed by atoms with Gasteiger partial charge in [-0.15, -0.1) is 0 Å². The summed E-state index contributed by atoms with van der Waals surface area (Å²) in [5.74, 6) is -4.61. The normalized spacial score (nSPS) is 12.4. The van der Waals surface area contributed by atoms with E-state index in [4.69, 9.17) is 10.5 Å². The first-order chi connectivity index (χ1) is 20.6. The Labute approximate surface area is 243 Å². The van der Waals surface area contributed by atoms with Crippen LogP contribution in [0, 0.1) is 25.5 Å². The summed E-state index contributed by atoms with van der Waals surface area (Å²) in [5, 5.41) is 4.39. The Hall–Kier alpha value is -5.52. The van der Waals surface area contributed by atoms with E-state index in [1.807, 2.05) is 0 Å². The molecule has 43 heavy (non-hydrogen) atoms. The van der Waals surface area contributed by atoms with Gasteiger partial charge in [-0.05, 0) is 67.8 Å². The highest BCUT2D eigenvalue weighted by molar-refractivity contribution is 6.11. The van der Waals surface area contributed by atoms with Crippen LogP contribution < -0.4 is 15.4 Å². The third-order valence-electron chi connectivity index (χ3n) is 7.30. The molecule has 6 rings (SSSR count). The first kappa shape index (κ1) is 27.6. The Morgan fingerprint density at radius 3 is 2.56 bits per heavy atom. The van der Waals surface area contributed by atoms with Crippen LogP contribution in [0.5, 0.6) is 11.8 Å². The fourth-order valence-corrected chi connectivity index (χ4v) is 5.40. The molecule has 0 saturated carbocycles. The molecule has 0 fully saturated rings. The van der Waals surface area contributed by atoms with E-state index < -0.39 is 29.3 Å². The Bertz CT molecular complexity index is 2010. The number of halogens is 3. The number of aromatic nitrogens is 4. The number of rotatable bonds is 6. The van der Waals surface area contributed by atoms with Crippen LogP contribution in [0.3, 0.4) is 0 Å². The lowest BCUT2D eigenvalue weighted by molar-refractivity contribution is -0.116. The maximum atomic E-state index is 16.3. The largest absolute Gasteiger partial charge is 0.421 e. The molecule has 0 radical (unpaired) electrons. The monoisotopic (exact) mass is 584 g/mol. The molecule has 4 heterocycles. The van der Waals surface area contributed by atoms with Crippen LogP contribution in [0.2, 0.25) is 0 Å². The minimum Gasteiger partial charge on any atom is -0.421 e. The molecule has 0 bridgehead atoms. The molecule has 216 valence electrons. The fourth-order valence-electron chi connectivity index (χ4n) is 5.40. The molecule has 0 atom stereocenters. The van der Waals surface area contributed by atoms with Crippen molar-refractivity contribution in [1.82, 2.24) is 19.6 Å². The molecule has 2 N–H and O–H groups in total. The van der Waals surface area contributed by atoms with Gasteiger partial charge in [0.1, 0.15) is 5.82 Å². The number of primary amides is 1. The van der Waals surface area contributed by atoms with E-state index in [0.29, 0.717) is 16.8 Å². The molecule has 0 saturated heterocycles. The summed E-state index contributed by atoms with van der Waals surface area (Å²) in [4.78, 5) is 34.5. The van der Waals surface area contributed by atoms with Crippen molar-refractivity contribution in [3.05, 3.63) is 101 Å². The van der Waals surface area contributed by atoms with Crippen LogP contribution in [0.1, 0.15) is 27.2 Å². The lowest BCUT2D eigenvalue weighted by Gasteiger charge is -2.17. The van der Waals surface area contributed by atoms with E-state index >= 15 is 8.78 Å². The number of benzene rings is 2. The van der Waals surface area contributed by atoms with Gasteiger partial charge in [-0.1, -0.05) is 12.6 Å². The highest BCUT2D eigenvalue weighted by Gasteiger charge is 2.33. The number of nitrogens with two attached hydrogens (primary N) is 1. The maximum absolute atomic E-state index is 16.3. The molecule has 1 aliphatic heterocycles. The van der Waals surface area contributed by atoms with Crippen molar-refractivity contribution in [2.75, 3.05) is 11.4 Å². The number of fused-ring (bicyclic) bond motifs is 2. The molecule has 0 aliphatic carbocycles. The number of anilines is 1. The molecule has 1 aliphatic rings. The predicted octanol–water partition coefficient (Wildman–Crippen LogP) is 5.62. The summed E-state index contributed by atoms with van der Waals surface area (Å²) in [6.07, 6.45) is 3.08. The lowest BCUT2D eigenvalue weighted by atomic mass is 9.94. The second-order valence-corrected chi connectivity index (χ2v) is 10.0. The molecule has 2 amide bonds. The van der Waals surface area contributed by atoms with Crippen molar-refractivity contribution in [3.63, 3.8) is 0 Å². The zero-order valence-corrected chi connectivity index (χ0v) is 23.0. The number of nitrogens with zero attached hydrogens (tertiary/aromatic N) is 5. The molecule has 3 aromatic heterocycles. The molecular formula is C31H23F3N6O3. The van der Waals surface area contributed by atoms with Crippen molar-refractivity contribution in [3.8, 4) is 34.1 Å². The van der Waals surface area contributed by atoms with Gasteiger partial charge in [-0.25, -0.2) is 27.7 Å². The Kier molecular flexibility index (Phi) is 6.68. The van der Waals surface area contributed by atoms with Crippen LogP contribution in [0.15, 0.2) is 67.3 Å². The van der Waals surface area contributed by atoms with E-state index in [1.165, 1.54) is 41.2 Å². The summed E-state index contributed by atoms with van der Waals surface area (Å²) in [7, 11) is 0. The van der Waals surface area contributed by atoms with Crippen molar-refractivity contribution >= 4 is 23.0 Å². The summed E-state index contributed by atoms with van der Waals surface area (Å²) in [6.45, 7) is 6.58. The zero-order valence-electron chi connectivity index (χ0n) is 23.0. The van der Waals surface area contributed by atoms with Gasteiger partial charge in [0.05, 0.1) is 22.5 Å². The quantitative estimate of drug-likeness (QED) is 0.259. The van der Waals surface area contributed by atoms with Crippen LogP contribution in [-0.4, -0.2) is 37.9 Å². The lowest BCUT2D eigenvalue weighted by Crippen LogP contribution is -2.28. The van der Waals surface area contributed by atoms with Gasteiger partial charge in [-0.3, -0.25) is 9.59 Å². The number of ether oxygens (including phenoxy) is 1. The van der Waals surface area contributed by atoms with Gasteiger partial charge in [0, 0.05) is 41.3 Å². The minimum atomic E-state index is -1.16. The third-order valence-corrected chi connectivity index (χ3v) is 7.30. The smallest absolute Gasteiger partial charge is 0.322 e. The molecule has 0 spiro atoms. The highest BCUT2D eigenvalue weighted by Crippen LogP contribution is 2.44. The predicted molar refractivity (Wildman–Crippen MR) is 152 cm³/mol. The van der Waals surface area contributed by atoms with Crippen molar-refractivity contribution in [2.24, 2.45) is 5.73 Å². The number of hydrogen-bond acceptors (Lipinski definition) is 6. The Morgan fingerprint density at radius 1 is 1.07 bits per heavy atom. The van der Waals surface area contributed by atoms with E-state index in [0.717, 1.165) is 11.0 Å². The van der Waals surface area contributed by atoms with Gasteiger partial charge < -0.3 is 15.4 Å². The average Bonchev–Trinajstić information content (AvgIpc) is 3.55. The fraction of sp³-hybridized carbons (Fsp3) is 0.129. The van der Waals surface area contributed by atoms with Gasteiger partial charge in [0.2, 0.25) is 0 Å². The molecule has 9 nitrogen and oxygen atoms in total. The summed E-state index contributed by atoms with van der Waals surface area (Å²) < 4.78 is 52.4. The number of carbonyl (C=O) groups excluding carboxylic acids is 2.